The number of nitrogens with one attached hydrogen (secondary N) is 3. The van der Waals surface area contributed by atoms with E-state index in [1.165, 1.54) is 12.5 Å². The Morgan fingerprint density at radius 2 is 2.33 bits per heavy atom. The van der Waals surface area contributed by atoms with E-state index in [0.717, 1.165) is 0 Å². The number of carbonyl (C=O) groups excluding carboxylic acids is 1. The summed E-state index contributed by atoms with van der Waals surface area (Å²) in [7, 11) is 1.81. The van der Waals surface area contributed by atoms with E-state index < -0.39 is 18.0 Å². The molecule has 2 heterocycles. The fourth-order valence-corrected chi connectivity index (χ4v) is 1.75. The topological polar surface area (TPSA) is 125 Å². The van der Waals surface area contributed by atoms with Crippen molar-refractivity contribution < 1.29 is 14.7 Å². The molecule has 0 aliphatic carbocycles. The van der Waals surface area contributed by atoms with Crippen LogP contribution in [0.4, 0.5) is 4.79 Å². The van der Waals surface area contributed by atoms with E-state index in [2.05, 4.69) is 25.6 Å². The molecule has 0 fully saturated rings. The van der Waals surface area contributed by atoms with Crippen LogP contribution in [0.1, 0.15) is 11.5 Å². The Hall–Kier alpha value is -2.84. The second-order valence-corrected chi connectivity index (χ2v) is 4.45. The molecule has 21 heavy (non-hydrogen) atoms. The summed E-state index contributed by atoms with van der Waals surface area (Å²) in [6.45, 7) is 0.214. The number of aromatic amines is 1. The van der Waals surface area contributed by atoms with E-state index in [4.69, 9.17) is 5.11 Å². The molecule has 2 rings (SSSR count). The molecule has 9 heteroatoms. The zero-order chi connectivity index (χ0) is 15.2. The zero-order valence-electron chi connectivity index (χ0n) is 11.4. The number of rotatable bonds is 6. The average Bonchev–Trinajstić information content (AvgIpc) is 3.07. The number of urea groups is 1. The van der Waals surface area contributed by atoms with Gasteiger partial charge in [-0.1, -0.05) is 0 Å². The Morgan fingerprint density at radius 3 is 2.90 bits per heavy atom. The lowest BCUT2D eigenvalue weighted by Gasteiger charge is -2.14. The van der Waals surface area contributed by atoms with Gasteiger partial charge in [0.25, 0.3) is 0 Å². The van der Waals surface area contributed by atoms with Gasteiger partial charge in [-0.25, -0.2) is 19.6 Å². The molecule has 0 aliphatic rings. The number of carbonyl (C=O) groups is 2. The summed E-state index contributed by atoms with van der Waals surface area (Å²) in [4.78, 5) is 33.6. The number of carboxylic acids is 1. The summed E-state index contributed by atoms with van der Waals surface area (Å²) in [6.07, 6.45) is 6.48. The minimum absolute atomic E-state index is 0.130. The second-order valence-electron chi connectivity index (χ2n) is 4.45. The predicted molar refractivity (Wildman–Crippen MR) is 72.3 cm³/mol. The molecule has 4 N–H and O–H groups in total. The van der Waals surface area contributed by atoms with Gasteiger partial charge < -0.3 is 25.3 Å². The molecule has 0 aromatic carbocycles. The maximum absolute atomic E-state index is 11.7. The highest BCUT2D eigenvalue weighted by Crippen LogP contribution is 1.99. The maximum Gasteiger partial charge on any atom is 0.326 e. The molecule has 0 spiro atoms. The van der Waals surface area contributed by atoms with E-state index in [-0.39, 0.29) is 13.0 Å². The lowest BCUT2D eigenvalue weighted by Crippen LogP contribution is -2.47. The minimum atomic E-state index is -1.11. The fourth-order valence-electron chi connectivity index (χ4n) is 1.75. The second kappa shape index (κ2) is 6.55. The van der Waals surface area contributed by atoms with Crippen molar-refractivity contribution >= 4 is 12.0 Å². The first kappa shape index (κ1) is 14.6. The van der Waals surface area contributed by atoms with Gasteiger partial charge in [-0.3, -0.25) is 0 Å². The minimum Gasteiger partial charge on any atom is -0.480 e. The third-order valence-corrected chi connectivity index (χ3v) is 2.91. The van der Waals surface area contributed by atoms with E-state index in [0.29, 0.717) is 11.5 Å². The number of imidazole rings is 2. The highest BCUT2D eigenvalue weighted by atomic mass is 16.4. The number of hydrogen-bond donors (Lipinski definition) is 4. The van der Waals surface area contributed by atoms with Gasteiger partial charge in [-0.15, -0.1) is 0 Å². The third-order valence-electron chi connectivity index (χ3n) is 2.91. The summed E-state index contributed by atoms with van der Waals surface area (Å²) in [5.41, 5.74) is 0.631. The molecule has 0 saturated carbocycles. The fraction of sp³-hybridized carbons (Fsp3) is 0.333. The number of hydrogen-bond acceptors (Lipinski definition) is 4. The van der Waals surface area contributed by atoms with Crippen LogP contribution >= 0.6 is 0 Å². The zero-order valence-corrected chi connectivity index (χ0v) is 11.4. The number of aromatic nitrogens is 4. The monoisotopic (exact) mass is 292 g/mol. The summed E-state index contributed by atoms with van der Waals surface area (Å²) < 4.78 is 1.76. The van der Waals surface area contributed by atoms with Crippen LogP contribution in [-0.4, -0.2) is 42.7 Å². The lowest BCUT2D eigenvalue weighted by atomic mass is 10.2. The standard InChI is InChI=1S/C12H16N6O3/c1-18-3-2-14-10(18)6-15-12(21)17-9(11(19)20)4-8-5-13-7-16-8/h2-3,5,7,9H,4,6H2,1H3,(H,13,16)(H,19,20)(H2,15,17,21). The van der Waals surface area contributed by atoms with Gasteiger partial charge in [0.1, 0.15) is 11.9 Å². The molecule has 1 unspecified atom stereocenters. The van der Waals surface area contributed by atoms with Gasteiger partial charge in [-0.05, 0) is 0 Å². The van der Waals surface area contributed by atoms with Crippen LogP contribution in [-0.2, 0) is 24.8 Å². The van der Waals surface area contributed by atoms with Gasteiger partial charge in [0.15, 0.2) is 0 Å². The van der Waals surface area contributed by atoms with E-state index in [1.807, 2.05) is 0 Å². The number of aryl methyl sites for hydroxylation is 1. The first-order chi connectivity index (χ1) is 10.1. The van der Waals surface area contributed by atoms with Crippen LogP contribution in [0.15, 0.2) is 24.9 Å². The first-order valence-electron chi connectivity index (χ1n) is 6.27. The van der Waals surface area contributed by atoms with Crippen molar-refractivity contribution in [1.29, 1.82) is 0 Å². The molecule has 2 aromatic heterocycles. The highest BCUT2D eigenvalue weighted by molar-refractivity contribution is 5.82. The van der Waals surface area contributed by atoms with Crippen molar-refractivity contribution in [3.63, 3.8) is 0 Å². The Kier molecular flexibility index (Phi) is 4.54. The molecule has 112 valence electrons. The summed E-state index contributed by atoms with van der Waals surface area (Å²) >= 11 is 0. The molecule has 0 saturated heterocycles. The molecule has 0 bridgehead atoms. The van der Waals surface area contributed by atoms with Crippen LogP contribution < -0.4 is 10.6 Å². The Bertz CT molecular complexity index is 606. The predicted octanol–water partition coefficient (Wildman–Crippen LogP) is -0.362. The quantitative estimate of drug-likeness (QED) is 0.578. The number of H-pyrrole nitrogens is 1. The molecule has 1 atom stereocenters. The van der Waals surface area contributed by atoms with E-state index in [1.54, 1.807) is 24.0 Å². The van der Waals surface area contributed by atoms with Crippen LogP contribution in [0, 0.1) is 0 Å². The molecular weight excluding hydrogens is 276 g/mol. The molecule has 0 radical (unpaired) electrons. The van der Waals surface area contributed by atoms with E-state index in [9.17, 15) is 9.59 Å². The van der Waals surface area contributed by atoms with E-state index >= 15 is 0 Å². The number of carboxylic acid groups (broad SMARTS) is 1. The van der Waals surface area contributed by atoms with Crippen molar-refractivity contribution in [2.24, 2.45) is 7.05 Å². The van der Waals surface area contributed by atoms with Crippen molar-refractivity contribution in [3.8, 4) is 0 Å². The van der Waals surface area contributed by atoms with Gasteiger partial charge >= 0.3 is 12.0 Å². The Balaban J connectivity index is 1.86. The largest absolute Gasteiger partial charge is 0.480 e. The summed E-state index contributed by atoms with van der Waals surface area (Å²) in [5.74, 6) is -0.442. The van der Waals surface area contributed by atoms with Crippen LogP contribution in [0.2, 0.25) is 0 Å². The van der Waals surface area contributed by atoms with Gasteiger partial charge in [0, 0.05) is 37.8 Å². The molecule has 2 aromatic rings. The average molecular weight is 292 g/mol. The normalized spacial score (nSPS) is 11.9. The maximum atomic E-state index is 11.7. The lowest BCUT2D eigenvalue weighted by molar-refractivity contribution is -0.139. The molecule has 0 aliphatic heterocycles. The molecule has 9 nitrogen and oxygen atoms in total. The SMILES string of the molecule is Cn1ccnc1CNC(=O)NC(Cc1cnc[nH]1)C(=O)O. The van der Waals surface area contributed by atoms with Crippen LogP contribution in [0.3, 0.4) is 0 Å². The van der Waals surface area contributed by atoms with Crippen LogP contribution in [0.25, 0.3) is 0 Å². The number of amides is 2. The number of aliphatic carboxylic acids is 1. The van der Waals surface area contributed by atoms with Gasteiger partial charge in [-0.2, -0.15) is 0 Å². The van der Waals surface area contributed by atoms with Gasteiger partial charge in [0.2, 0.25) is 0 Å². The Labute approximate surface area is 120 Å². The molecular formula is C12H16N6O3. The molecule has 2 amide bonds. The van der Waals surface area contributed by atoms with Gasteiger partial charge in [0.05, 0.1) is 12.9 Å². The van der Waals surface area contributed by atoms with Crippen molar-refractivity contribution in [2.75, 3.05) is 0 Å². The highest BCUT2D eigenvalue weighted by Gasteiger charge is 2.21. The third kappa shape index (κ3) is 4.06. The first-order valence-corrected chi connectivity index (χ1v) is 6.27. The summed E-state index contributed by atoms with van der Waals surface area (Å²) in [5, 5.41) is 14.1. The Morgan fingerprint density at radius 1 is 1.52 bits per heavy atom. The van der Waals surface area contributed by atoms with Crippen LogP contribution in [0.5, 0.6) is 0 Å². The number of nitrogens with zero attached hydrogens (tertiary/aromatic N) is 3. The smallest absolute Gasteiger partial charge is 0.326 e. The van der Waals surface area contributed by atoms with Crippen molar-refractivity contribution in [1.82, 2.24) is 30.2 Å². The summed E-state index contributed by atoms with van der Waals surface area (Å²) in [6, 6.07) is -1.60. The van der Waals surface area contributed by atoms with Crippen molar-refractivity contribution in [2.45, 2.75) is 19.0 Å². The van der Waals surface area contributed by atoms with Crippen molar-refractivity contribution in [3.05, 3.63) is 36.4 Å².